The van der Waals surface area contributed by atoms with E-state index in [9.17, 15) is 4.79 Å². The second-order valence-electron chi connectivity index (χ2n) is 4.84. The summed E-state index contributed by atoms with van der Waals surface area (Å²) in [5, 5.41) is 9.17. The maximum Gasteiger partial charge on any atom is 0.339 e. The maximum atomic E-state index is 11.2. The van der Waals surface area contributed by atoms with E-state index in [2.05, 4.69) is 16.9 Å². The van der Waals surface area contributed by atoms with Gasteiger partial charge in [0.25, 0.3) is 0 Å². The molecule has 1 fully saturated rings. The zero-order valence-electron chi connectivity index (χ0n) is 11.4. The lowest BCUT2D eigenvalue weighted by Crippen LogP contribution is -2.13. The fraction of sp³-hybridized carbons (Fsp3) is 0.643. The summed E-state index contributed by atoms with van der Waals surface area (Å²) in [7, 11) is 0. The number of hydrogen-bond acceptors (Lipinski definition) is 4. The first-order valence-corrected chi connectivity index (χ1v) is 6.89. The van der Waals surface area contributed by atoms with Gasteiger partial charge in [-0.3, -0.25) is 0 Å². The lowest BCUT2D eigenvalue weighted by molar-refractivity contribution is 0.0489. The van der Waals surface area contributed by atoms with Gasteiger partial charge in [0.05, 0.1) is 11.3 Å². The summed E-state index contributed by atoms with van der Waals surface area (Å²) in [5.41, 5.74) is 0.913. The molecule has 5 nitrogen and oxygen atoms in total. The minimum Gasteiger partial charge on any atom is -0.478 e. The predicted molar refractivity (Wildman–Crippen MR) is 70.2 cm³/mol. The molecule has 0 aromatic carbocycles. The van der Waals surface area contributed by atoms with Crippen LogP contribution in [0.5, 0.6) is 0 Å². The molecule has 1 aromatic rings. The summed E-state index contributed by atoms with van der Waals surface area (Å²) in [5.74, 6) is -0.0377. The lowest BCUT2D eigenvalue weighted by atomic mass is 10.1. The number of hydrogen-bond donors (Lipinski definition) is 1. The van der Waals surface area contributed by atoms with Crippen molar-refractivity contribution in [2.45, 2.75) is 51.6 Å². The van der Waals surface area contributed by atoms with E-state index in [0.29, 0.717) is 18.1 Å². The Labute approximate surface area is 113 Å². The molecule has 5 heteroatoms. The van der Waals surface area contributed by atoms with Crippen LogP contribution >= 0.6 is 0 Å². The summed E-state index contributed by atoms with van der Waals surface area (Å²) in [4.78, 5) is 19.8. The average molecular weight is 264 g/mol. The Bertz CT molecular complexity index is 452. The van der Waals surface area contributed by atoms with Crippen LogP contribution in [-0.2, 0) is 4.74 Å². The third-order valence-corrected chi connectivity index (χ3v) is 3.24. The van der Waals surface area contributed by atoms with Crippen LogP contribution in [-0.4, -0.2) is 27.7 Å². The Kier molecular flexibility index (Phi) is 4.47. The summed E-state index contributed by atoms with van der Waals surface area (Å²) in [6, 6.07) is 0. The first-order chi connectivity index (χ1) is 9.17. The van der Waals surface area contributed by atoms with Crippen molar-refractivity contribution in [1.82, 2.24) is 9.97 Å². The minimum absolute atomic E-state index is 0.129. The number of carbonyl (C=O) groups is 1. The molecule has 1 aliphatic carbocycles. The van der Waals surface area contributed by atoms with Crippen LogP contribution in [0, 0.1) is 0 Å². The molecule has 1 aromatic heterocycles. The molecule has 1 aliphatic rings. The van der Waals surface area contributed by atoms with E-state index in [4.69, 9.17) is 9.84 Å². The van der Waals surface area contributed by atoms with Gasteiger partial charge in [0.2, 0.25) is 0 Å². The van der Waals surface area contributed by atoms with Gasteiger partial charge in [-0.15, -0.1) is 0 Å². The van der Waals surface area contributed by atoms with Gasteiger partial charge in [0.15, 0.2) is 5.82 Å². The van der Waals surface area contributed by atoms with E-state index in [1.807, 2.05) is 6.92 Å². The van der Waals surface area contributed by atoms with Gasteiger partial charge in [-0.2, -0.15) is 0 Å². The Hall–Kier alpha value is -1.49. The summed E-state index contributed by atoms with van der Waals surface area (Å²) >= 11 is 0. The highest BCUT2D eigenvalue weighted by Crippen LogP contribution is 2.41. The van der Waals surface area contributed by atoms with Crippen LogP contribution in [0.4, 0.5) is 0 Å². The van der Waals surface area contributed by atoms with Gasteiger partial charge in [0.1, 0.15) is 6.10 Å². The Morgan fingerprint density at radius 1 is 1.53 bits per heavy atom. The van der Waals surface area contributed by atoms with E-state index >= 15 is 0 Å². The van der Waals surface area contributed by atoms with Crippen molar-refractivity contribution in [3.05, 3.63) is 23.3 Å². The minimum atomic E-state index is -0.947. The van der Waals surface area contributed by atoms with Gasteiger partial charge in [-0.25, -0.2) is 14.8 Å². The third kappa shape index (κ3) is 3.29. The largest absolute Gasteiger partial charge is 0.478 e. The van der Waals surface area contributed by atoms with Gasteiger partial charge in [-0.1, -0.05) is 13.3 Å². The number of carboxylic acids is 1. The first kappa shape index (κ1) is 13.9. The monoisotopic (exact) mass is 264 g/mol. The average Bonchev–Trinajstić information content (AvgIpc) is 3.22. The first-order valence-electron chi connectivity index (χ1n) is 6.89. The number of ether oxygens (including phenoxy) is 1. The molecule has 2 rings (SSSR count). The van der Waals surface area contributed by atoms with Gasteiger partial charge < -0.3 is 9.84 Å². The molecule has 1 atom stereocenters. The van der Waals surface area contributed by atoms with E-state index in [-0.39, 0.29) is 17.6 Å². The van der Waals surface area contributed by atoms with Gasteiger partial charge >= 0.3 is 5.97 Å². The van der Waals surface area contributed by atoms with Crippen LogP contribution in [0.1, 0.15) is 73.4 Å². The maximum absolute atomic E-state index is 11.2. The van der Waals surface area contributed by atoms with Crippen LogP contribution in [0.2, 0.25) is 0 Å². The van der Waals surface area contributed by atoms with Crippen LogP contribution in [0.25, 0.3) is 0 Å². The van der Waals surface area contributed by atoms with Crippen molar-refractivity contribution in [1.29, 1.82) is 0 Å². The Balaban J connectivity index is 2.30. The van der Waals surface area contributed by atoms with E-state index in [0.717, 1.165) is 25.7 Å². The lowest BCUT2D eigenvalue weighted by Gasteiger charge is -2.16. The zero-order chi connectivity index (χ0) is 13.8. The highest BCUT2D eigenvalue weighted by Gasteiger charge is 2.31. The van der Waals surface area contributed by atoms with E-state index in [1.54, 1.807) is 0 Å². The van der Waals surface area contributed by atoms with Crippen molar-refractivity contribution in [3.63, 3.8) is 0 Å². The molecule has 0 amide bonds. The predicted octanol–water partition coefficient (Wildman–Crippen LogP) is 2.93. The molecule has 1 unspecified atom stereocenters. The highest BCUT2D eigenvalue weighted by molar-refractivity contribution is 5.88. The standard InChI is InChI=1S/C14H20N2O3/c1-3-5-11(19-4-2)13-15-8-10(14(17)18)12(16-13)9-6-7-9/h8-9,11H,3-7H2,1-2H3,(H,17,18). The molecule has 19 heavy (non-hydrogen) atoms. The fourth-order valence-electron chi connectivity index (χ4n) is 2.15. The quantitative estimate of drug-likeness (QED) is 0.819. The molecule has 0 radical (unpaired) electrons. The van der Waals surface area contributed by atoms with E-state index in [1.165, 1.54) is 6.20 Å². The van der Waals surface area contributed by atoms with Crippen molar-refractivity contribution in [3.8, 4) is 0 Å². The highest BCUT2D eigenvalue weighted by atomic mass is 16.5. The normalized spacial score (nSPS) is 16.3. The summed E-state index contributed by atoms with van der Waals surface area (Å²) in [6.07, 6.45) is 5.17. The molecule has 0 spiro atoms. The number of rotatable bonds is 7. The van der Waals surface area contributed by atoms with Gasteiger partial charge in [0, 0.05) is 18.7 Å². The SMILES string of the molecule is CCCC(OCC)c1ncc(C(=O)O)c(C2CC2)n1. The molecule has 104 valence electrons. The van der Waals surface area contributed by atoms with Gasteiger partial charge in [-0.05, 0) is 26.2 Å². The van der Waals surface area contributed by atoms with Crippen molar-refractivity contribution >= 4 is 5.97 Å². The molecule has 0 aliphatic heterocycles. The fourth-order valence-corrected chi connectivity index (χ4v) is 2.15. The Morgan fingerprint density at radius 3 is 2.79 bits per heavy atom. The third-order valence-electron chi connectivity index (χ3n) is 3.24. The van der Waals surface area contributed by atoms with Crippen molar-refractivity contribution in [2.24, 2.45) is 0 Å². The Morgan fingerprint density at radius 2 is 2.26 bits per heavy atom. The number of aromatic nitrogens is 2. The second kappa shape index (κ2) is 6.10. The van der Waals surface area contributed by atoms with Crippen LogP contribution in [0.3, 0.4) is 0 Å². The molecule has 1 N–H and O–H groups in total. The zero-order valence-corrected chi connectivity index (χ0v) is 11.4. The van der Waals surface area contributed by atoms with Crippen molar-refractivity contribution in [2.75, 3.05) is 6.61 Å². The number of nitrogens with zero attached hydrogens (tertiary/aromatic N) is 2. The number of carboxylic acid groups (broad SMARTS) is 1. The van der Waals surface area contributed by atoms with Crippen LogP contribution < -0.4 is 0 Å². The van der Waals surface area contributed by atoms with Crippen LogP contribution in [0.15, 0.2) is 6.20 Å². The molecular formula is C14H20N2O3. The van der Waals surface area contributed by atoms with E-state index < -0.39 is 5.97 Å². The summed E-state index contributed by atoms with van der Waals surface area (Å²) < 4.78 is 5.65. The summed E-state index contributed by atoms with van der Waals surface area (Å²) in [6.45, 7) is 4.63. The van der Waals surface area contributed by atoms with Crippen molar-refractivity contribution < 1.29 is 14.6 Å². The molecule has 1 saturated carbocycles. The molecular weight excluding hydrogens is 244 g/mol. The molecule has 0 saturated heterocycles. The molecule has 1 heterocycles. The second-order valence-corrected chi connectivity index (χ2v) is 4.84. The molecule has 0 bridgehead atoms. The smallest absolute Gasteiger partial charge is 0.339 e. The topological polar surface area (TPSA) is 72.3 Å². The number of aromatic carboxylic acids is 1.